The number of Topliss-reactive ketones (excluding diaryl/α,β-unsaturated/α-hetero) is 1. The number of ketones is 1. The number of nitrogens with one attached hydrogen (secondary N) is 1. The normalized spacial score (nSPS) is 14.6. The molecule has 1 amide bonds. The van der Waals surface area contributed by atoms with Crippen LogP contribution in [0.4, 0.5) is 13.2 Å². The van der Waals surface area contributed by atoms with Crippen LogP contribution >= 0.6 is 0 Å². The quantitative estimate of drug-likeness (QED) is 0.589. The van der Waals surface area contributed by atoms with E-state index in [1.165, 1.54) is 10.6 Å². The Balaban J connectivity index is 1.52. The molecule has 0 saturated heterocycles. The van der Waals surface area contributed by atoms with E-state index in [9.17, 15) is 22.8 Å². The summed E-state index contributed by atoms with van der Waals surface area (Å²) in [7, 11) is 0. The van der Waals surface area contributed by atoms with Crippen LogP contribution in [0.25, 0.3) is 10.9 Å². The molecule has 1 atom stereocenters. The monoisotopic (exact) mass is 446 g/mol. The Bertz CT molecular complexity index is 1170. The predicted molar refractivity (Wildman–Crippen MR) is 111 cm³/mol. The van der Waals surface area contributed by atoms with Crippen LogP contribution in [0, 0.1) is 0 Å². The van der Waals surface area contributed by atoms with Gasteiger partial charge in [-0.25, -0.2) is 0 Å². The Kier molecular flexibility index (Phi) is 5.82. The number of hydrogen-bond donors (Lipinski definition) is 1. The molecule has 0 unspecified atom stereocenters. The number of alkyl halides is 3. The molecule has 6 nitrogen and oxygen atoms in total. The number of aromatic nitrogens is 1. The first-order valence-electron chi connectivity index (χ1n) is 10.1. The third kappa shape index (κ3) is 4.42. The van der Waals surface area contributed by atoms with E-state index < -0.39 is 23.4 Å². The predicted octanol–water partition coefficient (Wildman–Crippen LogP) is 4.43. The first kappa shape index (κ1) is 21.7. The molecule has 1 aliphatic heterocycles. The van der Waals surface area contributed by atoms with Gasteiger partial charge in [0.2, 0.25) is 5.91 Å². The molecule has 2 aromatic carbocycles. The number of nitrogens with zero attached hydrogens (tertiary/aromatic N) is 1. The fraction of sp³-hybridized carbons (Fsp3) is 0.304. The van der Waals surface area contributed by atoms with Crippen LogP contribution in [0.5, 0.6) is 11.5 Å². The van der Waals surface area contributed by atoms with Crippen molar-refractivity contribution in [3.05, 3.63) is 59.8 Å². The number of hydrogen-bond acceptors (Lipinski definition) is 4. The molecule has 0 bridgehead atoms. The maximum Gasteiger partial charge on any atom is 0.454 e. The summed E-state index contributed by atoms with van der Waals surface area (Å²) in [6.45, 7) is 2.67. The number of fused-ring (bicyclic) bond motifs is 2. The summed E-state index contributed by atoms with van der Waals surface area (Å²) in [5, 5.41) is 2.99. The lowest BCUT2D eigenvalue weighted by Crippen LogP contribution is -2.30. The van der Waals surface area contributed by atoms with Gasteiger partial charge in [-0.1, -0.05) is 24.3 Å². The van der Waals surface area contributed by atoms with Crippen LogP contribution in [-0.2, 0) is 11.3 Å². The van der Waals surface area contributed by atoms with Crippen LogP contribution in [0.15, 0.2) is 48.7 Å². The molecule has 0 fully saturated rings. The second-order valence-corrected chi connectivity index (χ2v) is 7.56. The molecule has 2 heterocycles. The Morgan fingerprint density at radius 1 is 1.09 bits per heavy atom. The van der Waals surface area contributed by atoms with Gasteiger partial charge in [0.1, 0.15) is 6.54 Å². The second-order valence-electron chi connectivity index (χ2n) is 7.56. The van der Waals surface area contributed by atoms with E-state index in [0.717, 1.165) is 18.2 Å². The number of rotatable bonds is 5. The molecular weight excluding hydrogens is 425 g/mol. The average Bonchev–Trinajstić information content (AvgIpc) is 2.94. The van der Waals surface area contributed by atoms with Crippen molar-refractivity contribution in [1.29, 1.82) is 0 Å². The summed E-state index contributed by atoms with van der Waals surface area (Å²) < 4.78 is 51.6. The number of benzene rings is 2. The zero-order valence-electron chi connectivity index (χ0n) is 17.2. The molecule has 1 N–H and O–H groups in total. The van der Waals surface area contributed by atoms with Gasteiger partial charge >= 0.3 is 6.18 Å². The first-order chi connectivity index (χ1) is 15.2. The van der Waals surface area contributed by atoms with Crippen molar-refractivity contribution < 1.29 is 32.2 Å². The van der Waals surface area contributed by atoms with Gasteiger partial charge in [-0.3, -0.25) is 9.59 Å². The number of carbonyl (C=O) groups excluding carboxylic acids is 2. The number of carbonyl (C=O) groups is 2. The van der Waals surface area contributed by atoms with E-state index in [2.05, 4.69) is 5.32 Å². The van der Waals surface area contributed by atoms with E-state index in [0.29, 0.717) is 30.2 Å². The van der Waals surface area contributed by atoms with Crippen LogP contribution in [0.2, 0.25) is 0 Å². The zero-order valence-corrected chi connectivity index (χ0v) is 17.2. The lowest BCUT2D eigenvalue weighted by Gasteiger charge is -2.17. The van der Waals surface area contributed by atoms with Crippen molar-refractivity contribution >= 4 is 22.6 Å². The van der Waals surface area contributed by atoms with Crippen LogP contribution in [0.3, 0.4) is 0 Å². The maximum absolute atomic E-state index is 13.0. The standard InChI is InChI=1S/C23H21F3N2O4/c1-14(15-7-8-19-20(11-15)32-10-4-9-31-19)27-21(29)13-28-12-17(22(30)23(24,25)26)16-5-2-3-6-18(16)28/h2-3,5-8,11-12,14H,4,9-10,13H2,1H3,(H,27,29)/t14-/m1/s1. The third-order valence-corrected chi connectivity index (χ3v) is 5.25. The van der Waals surface area contributed by atoms with E-state index in [1.54, 1.807) is 37.3 Å². The molecule has 9 heteroatoms. The van der Waals surface area contributed by atoms with Crippen molar-refractivity contribution in [2.24, 2.45) is 0 Å². The molecule has 4 rings (SSSR count). The SMILES string of the molecule is C[C@@H](NC(=O)Cn1cc(C(=O)C(F)(F)F)c2ccccc21)c1ccc2c(c1)OCCCO2. The number of para-hydroxylation sites is 1. The molecule has 168 valence electrons. The minimum Gasteiger partial charge on any atom is -0.490 e. The Hall–Kier alpha value is -3.49. The van der Waals surface area contributed by atoms with Crippen LogP contribution in [0.1, 0.15) is 35.3 Å². The smallest absolute Gasteiger partial charge is 0.454 e. The lowest BCUT2D eigenvalue weighted by atomic mass is 10.1. The summed E-state index contributed by atoms with van der Waals surface area (Å²) in [5.41, 5.74) is 0.697. The maximum atomic E-state index is 13.0. The van der Waals surface area contributed by atoms with Gasteiger partial charge in [0.05, 0.1) is 24.8 Å². The number of halogens is 3. The van der Waals surface area contributed by atoms with Crippen LogP contribution < -0.4 is 14.8 Å². The van der Waals surface area contributed by atoms with Crippen molar-refractivity contribution in [1.82, 2.24) is 9.88 Å². The van der Waals surface area contributed by atoms with Gasteiger partial charge in [0, 0.05) is 23.5 Å². The largest absolute Gasteiger partial charge is 0.490 e. The molecule has 1 aromatic heterocycles. The summed E-state index contributed by atoms with van der Waals surface area (Å²) in [6.07, 6.45) is -3.14. The highest BCUT2D eigenvalue weighted by molar-refractivity contribution is 6.10. The van der Waals surface area contributed by atoms with Crippen molar-refractivity contribution in [2.45, 2.75) is 32.1 Å². The minimum absolute atomic E-state index is 0.151. The zero-order chi connectivity index (χ0) is 22.9. The summed E-state index contributed by atoms with van der Waals surface area (Å²) >= 11 is 0. The van der Waals surface area contributed by atoms with Crippen molar-refractivity contribution in [3.8, 4) is 11.5 Å². The summed E-state index contributed by atoms with van der Waals surface area (Å²) in [4.78, 5) is 24.5. The van der Waals surface area contributed by atoms with Gasteiger partial charge < -0.3 is 19.4 Å². The highest BCUT2D eigenvalue weighted by atomic mass is 19.4. The Labute approximate surface area is 181 Å². The molecule has 0 radical (unpaired) electrons. The average molecular weight is 446 g/mol. The van der Waals surface area contributed by atoms with Gasteiger partial charge in [-0.05, 0) is 30.7 Å². The van der Waals surface area contributed by atoms with Gasteiger partial charge in [0.15, 0.2) is 11.5 Å². The highest BCUT2D eigenvalue weighted by Crippen LogP contribution is 2.32. The third-order valence-electron chi connectivity index (χ3n) is 5.25. The topological polar surface area (TPSA) is 69.6 Å². The van der Waals surface area contributed by atoms with Gasteiger partial charge in [-0.2, -0.15) is 13.2 Å². The molecular formula is C23H21F3N2O4. The second kappa shape index (κ2) is 8.57. The molecule has 32 heavy (non-hydrogen) atoms. The lowest BCUT2D eigenvalue weighted by molar-refractivity contribution is -0.122. The molecule has 0 spiro atoms. The summed E-state index contributed by atoms with van der Waals surface area (Å²) in [6, 6.07) is 11.2. The van der Waals surface area contributed by atoms with Gasteiger partial charge in [0.25, 0.3) is 5.78 Å². The molecule has 0 saturated carbocycles. The minimum atomic E-state index is -5.00. The van der Waals surface area contributed by atoms with Gasteiger partial charge in [-0.15, -0.1) is 0 Å². The van der Waals surface area contributed by atoms with Crippen molar-refractivity contribution in [3.63, 3.8) is 0 Å². The van der Waals surface area contributed by atoms with E-state index >= 15 is 0 Å². The van der Waals surface area contributed by atoms with Crippen molar-refractivity contribution in [2.75, 3.05) is 13.2 Å². The van der Waals surface area contributed by atoms with E-state index in [1.807, 2.05) is 6.07 Å². The van der Waals surface area contributed by atoms with E-state index in [-0.39, 0.29) is 18.0 Å². The first-order valence-corrected chi connectivity index (χ1v) is 10.1. The fourth-order valence-electron chi connectivity index (χ4n) is 3.69. The number of amides is 1. The van der Waals surface area contributed by atoms with Crippen LogP contribution in [-0.4, -0.2) is 35.6 Å². The number of ether oxygens (including phenoxy) is 2. The molecule has 0 aliphatic carbocycles. The Morgan fingerprint density at radius 3 is 2.56 bits per heavy atom. The Morgan fingerprint density at radius 2 is 1.81 bits per heavy atom. The fourth-order valence-corrected chi connectivity index (χ4v) is 3.69. The van der Waals surface area contributed by atoms with E-state index in [4.69, 9.17) is 9.47 Å². The molecule has 1 aliphatic rings. The summed E-state index contributed by atoms with van der Waals surface area (Å²) in [5.74, 6) is -1.09. The molecule has 3 aromatic rings. The highest BCUT2D eigenvalue weighted by Gasteiger charge is 2.40.